The summed E-state index contributed by atoms with van der Waals surface area (Å²) in [5.74, 6) is -0.740. The Labute approximate surface area is 78.7 Å². The van der Waals surface area contributed by atoms with Gasteiger partial charge in [0.25, 0.3) is 0 Å². The fourth-order valence-corrected chi connectivity index (χ4v) is 2.09. The Morgan fingerprint density at radius 1 is 1.33 bits per heavy atom. The summed E-state index contributed by atoms with van der Waals surface area (Å²) in [5.41, 5.74) is 0. The van der Waals surface area contributed by atoms with Gasteiger partial charge in [0.2, 0.25) is 0 Å². The van der Waals surface area contributed by atoms with Gasteiger partial charge >= 0.3 is 0 Å². The minimum Gasteiger partial charge on any atom is -0.207 e. The van der Waals surface area contributed by atoms with Crippen LogP contribution in [0.2, 0.25) is 0 Å². The third kappa shape index (κ3) is 2.68. The molecule has 0 radical (unpaired) electrons. The van der Waals surface area contributed by atoms with Crippen molar-refractivity contribution in [3.8, 4) is 0 Å². The van der Waals surface area contributed by atoms with Crippen LogP contribution in [0.15, 0.2) is 23.1 Å². The monoisotopic (exact) mass is 206 g/mol. The first-order valence-corrected chi connectivity index (χ1v) is 5.69. The van der Waals surface area contributed by atoms with Crippen LogP contribution >= 0.6 is 23.5 Å². The topological polar surface area (TPSA) is 0 Å². The summed E-state index contributed by atoms with van der Waals surface area (Å²) in [6.45, 7) is 0. The standard InChI is InChI=1S/C8H8F2S2/c1-11-5-12-8-4-6(9)2-3-7(8)10/h2-4H,5H2,1H3. The van der Waals surface area contributed by atoms with Gasteiger partial charge in [-0.05, 0) is 24.5 Å². The van der Waals surface area contributed by atoms with Crippen LogP contribution in [0.25, 0.3) is 0 Å². The molecule has 0 N–H and O–H groups in total. The minimum atomic E-state index is -0.389. The molecular weight excluding hydrogens is 198 g/mol. The molecule has 0 fully saturated rings. The van der Waals surface area contributed by atoms with Crippen LogP contribution in [0, 0.1) is 11.6 Å². The van der Waals surface area contributed by atoms with Crippen molar-refractivity contribution >= 4 is 23.5 Å². The van der Waals surface area contributed by atoms with Crippen molar-refractivity contribution in [2.24, 2.45) is 0 Å². The Morgan fingerprint density at radius 3 is 2.75 bits per heavy atom. The zero-order valence-electron chi connectivity index (χ0n) is 6.51. The molecule has 1 aromatic rings. The van der Waals surface area contributed by atoms with E-state index in [2.05, 4.69) is 0 Å². The summed E-state index contributed by atoms with van der Waals surface area (Å²) < 4.78 is 25.5. The maximum atomic E-state index is 12.9. The molecule has 12 heavy (non-hydrogen) atoms. The molecule has 4 heteroatoms. The zero-order valence-corrected chi connectivity index (χ0v) is 8.14. The van der Waals surface area contributed by atoms with Gasteiger partial charge < -0.3 is 0 Å². The molecule has 0 unspecified atom stereocenters. The molecule has 0 saturated carbocycles. The van der Waals surface area contributed by atoms with E-state index in [0.29, 0.717) is 4.90 Å². The van der Waals surface area contributed by atoms with Gasteiger partial charge in [-0.1, -0.05) is 0 Å². The third-order valence-electron chi connectivity index (χ3n) is 1.23. The van der Waals surface area contributed by atoms with Crippen molar-refractivity contribution in [3.05, 3.63) is 29.8 Å². The molecule has 0 bridgehead atoms. The van der Waals surface area contributed by atoms with Gasteiger partial charge in [-0.25, -0.2) is 8.78 Å². The van der Waals surface area contributed by atoms with E-state index < -0.39 is 0 Å². The van der Waals surface area contributed by atoms with Gasteiger partial charge in [-0.2, -0.15) is 11.8 Å². The number of thioether (sulfide) groups is 2. The number of halogens is 2. The maximum absolute atomic E-state index is 12.9. The number of hydrogen-bond donors (Lipinski definition) is 0. The van der Waals surface area contributed by atoms with Crippen LogP contribution < -0.4 is 0 Å². The maximum Gasteiger partial charge on any atom is 0.136 e. The van der Waals surface area contributed by atoms with E-state index in [-0.39, 0.29) is 11.6 Å². The van der Waals surface area contributed by atoms with Crippen molar-refractivity contribution in [2.45, 2.75) is 4.90 Å². The van der Waals surface area contributed by atoms with E-state index in [1.165, 1.54) is 17.8 Å². The van der Waals surface area contributed by atoms with Crippen molar-refractivity contribution in [1.82, 2.24) is 0 Å². The lowest BCUT2D eigenvalue weighted by atomic mass is 10.3. The Kier molecular flexibility index (Phi) is 3.88. The second-order valence-electron chi connectivity index (χ2n) is 2.13. The first-order chi connectivity index (χ1) is 5.74. The van der Waals surface area contributed by atoms with Crippen LogP contribution in [0.3, 0.4) is 0 Å². The largest absolute Gasteiger partial charge is 0.207 e. The average molecular weight is 206 g/mol. The first kappa shape index (κ1) is 9.86. The molecule has 0 aliphatic rings. The minimum absolute atomic E-state index is 0.351. The highest BCUT2D eigenvalue weighted by Crippen LogP contribution is 2.24. The van der Waals surface area contributed by atoms with E-state index in [0.717, 1.165) is 17.2 Å². The summed E-state index contributed by atoms with van der Waals surface area (Å²) in [6, 6.07) is 3.49. The van der Waals surface area contributed by atoms with Gasteiger partial charge in [-0.15, -0.1) is 11.8 Å². The molecule has 0 aromatic heterocycles. The average Bonchev–Trinajstić information content (AvgIpc) is 2.07. The summed E-state index contributed by atoms with van der Waals surface area (Å²) in [5, 5.41) is 0.736. The van der Waals surface area contributed by atoms with E-state index in [1.54, 1.807) is 11.8 Å². The van der Waals surface area contributed by atoms with Gasteiger partial charge in [0.05, 0.1) is 0 Å². The predicted molar refractivity (Wildman–Crippen MR) is 50.6 cm³/mol. The summed E-state index contributed by atoms with van der Waals surface area (Å²) in [7, 11) is 0. The quantitative estimate of drug-likeness (QED) is 0.549. The normalized spacial score (nSPS) is 10.2. The van der Waals surface area contributed by atoms with Crippen LogP contribution in [0.1, 0.15) is 0 Å². The summed E-state index contributed by atoms with van der Waals surface area (Å²) in [6.07, 6.45) is 1.92. The number of benzene rings is 1. The summed E-state index contributed by atoms with van der Waals surface area (Å²) in [4.78, 5) is 0.379. The van der Waals surface area contributed by atoms with Crippen molar-refractivity contribution in [2.75, 3.05) is 11.3 Å². The molecule has 0 nitrogen and oxygen atoms in total. The van der Waals surface area contributed by atoms with E-state index in [9.17, 15) is 8.78 Å². The van der Waals surface area contributed by atoms with E-state index in [4.69, 9.17) is 0 Å². The molecule has 0 spiro atoms. The lowest BCUT2D eigenvalue weighted by molar-refractivity contribution is 0.577. The molecule has 0 aliphatic carbocycles. The van der Waals surface area contributed by atoms with Crippen LogP contribution in [-0.4, -0.2) is 11.3 Å². The lowest BCUT2D eigenvalue weighted by Gasteiger charge is -2.00. The fraction of sp³-hybridized carbons (Fsp3) is 0.250. The van der Waals surface area contributed by atoms with Gasteiger partial charge in [-0.3, -0.25) is 0 Å². The molecular formula is C8H8F2S2. The third-order valence-corrected chi connectivity index (χ3v) is 3.26. The SMILES string of the molecule is CSCSc1cc(F)ccc1F. The van der Waals surface area contributed by atoms with Gasteiger partial charge in [0.1, 0.15) is 11.6 Å². The Hall–Kier alpha value is -0.220. The zero-order chi connectivity index (χ0) is 8.97. The second-order valence-corrected chi connectivity index (χ2v) is 4.37. The molecule has 0 amide bonds. The highest BCUT2D eigenvalue weighted by Gasteiger charge is 2.02. The summed E-state index contributed by atoms with van der Waals surface area (Å²) >= 11 is 2.89. The highest BCUT2D eigenvalue weighted by atomic mass is 32.2. The molecule has 0 heterocycles. The fourth-order valence-electron chi connectivity index (χ4n) is 0.710. The number of hydrogen-bond acceptors (Lipinski definition) is 2. The van der Waals surface area contributed by atoms with Crippen LogP contribution in [0.5, 0.6) is 0 Å². The van der Waals surface area contributed by atoms with Gasteiger partial charge in [0.15, 0.2) is 0 Å². The Bertz CT molecular complexity index is 263. The van der Waals surface area contributed by atoms with Crippen molar-refractivity contribution < 1.29 is 8.78 Å². The predicted octanol–water partition coefficient (Wildman–Crippen LogP) is 3.38. The molecule has 0 saturated heterocycles. The molecule has 0 atom stereocenters. The first-order valence-electron chi connectivity index (χ1n) is 3.31. The highest BCUT2D eigenvalue weighted by molar-refractivity contribution is 8.15. The van der Waals surface area contributed by atoms with Crippen molar-refractivity contribution in [1.29, 1.82) is 0 Å². The molecule has 1 aromatic carbocycles. The lowest BCUT2D eigenvalue weighted by Crippen LogP contribution is -1.83. The number of rotatable bonds is 3. The Morgan fingerprint density at radius 2 is 2.08 bits per heavy atom. The smallest absolute Gasteiger partial charge is 0.136 e. The molecule has 1 rings (SSSR count). The van der Waals surface area contributed by atoms with Gasteiger partial charge in [0, 0.05) is 9.98 Å². The molecule has 66 valence electrons. The Balaban J connectivity index is 2.75. The van der Waals surface area contributed by atoms with E-state index >= 15 is 0 Å². The molecule has 0 aliphatic heterocycles. The van der Waals surface area contributed by atoms with Crippen LogP contribution in [-0.2, 0) is 0 Å². The van der Waals surface area contributed by atoms with Crippen LogP contribution in [0.4, 0.5) is 8.78 Å². The second kappa shape index (κ2) is 4.72. The van der Waals surface area contributed by atoms with E-state index in [1.807, 2.05) is 6.26 Å². The van der Waals surface area contributed by atoms with Crippen molar-refractivity contribution in [3.63, 3.8) is 0 Å².